The van der Waals surface area contributed by atoms with Gasteiger partial charge in [-0.3, -0.25) is 4.79 Å². The number of para-hydroxylation sites is 1. The summed E-state index contributed by atoms with van der Waals surface area (Å²) < 4.78 is 0. The summed E-state index contributed by atoms with van der Waals surface area (Å²) in [6.45, 7) is 0. The van der Waals surface area contributed by atoms with Gasteiger partial charge < -0.3 is 5.32 Å². The maximum absolute atomic E-state index is 12.2. The Balaban J connectivity index is 1.56. The first-order chi connectivity index (χ1) is 13.2. The maximum Gasteiger partial charge on any atom is 0.234 e. The van der Waals surface area contributed by atoms with Crippen LogP contribution in [0.2, 0.25) is 0 Å². The van der Waals surface area contributed by atoms with E-state index in [1.54, 1.807) is 0 Å². The van der Waals surface area contributed by atoms with E-state index in [2.05, 4.69) is 23.5 Å². The number of benzene rings is 2. The number of pyridine rings is 1. The van der Waals surface area contributed by atoms with Gasteiger partial charge >= 0.3 is 0 Å². The quantitative estimate of drug-likeness (QED) is 0.688. The molecular weight excluding hydrogens is 354 g/mol. The van der Waals surface area contributed by atoms with Gasteiger partial charge in [-0.1, -0.05) is 54.2 Å². The Morgan fingerprint density at radius 3 is 2.63 bits per heavy atom. The monoisotopic (exact) mass is 371 g/mol. The zero-order valence-corrected chi connectivity index (χ0v) is 15.4. The van der Waals surface area contributed by atoms with Crippen LogP contribution in [0.25, 0.3) is 11.3 Å². The third-order valence-corrected chi connectivity index (χ3v) is 5.51. The number of aryl methyl sites for hydroxylation is 2. The molecule has 27 heavy (non-hydrogen) atoms. The van der Waals surface area contributed by atoms with E-state index >= 15 is 0 Å². The molecule has 1 N–H and O–H groups in total. The number of anilines is 1. The summed E-state index contributed by atoms with van der Waals surface area (Å²) in [5.74, 6) is 0.0896. The van der Waals surface area contributed by atoms with Crippen LogP contribution < -0.4 is 5.32 Å². The summed E-state index contributed by atoms with van der Waals surface area (Å²) in [5, 5.41) is 13.0. The number of nitrogens with zero attached hydrogens (tertiary/aromatic N) is 2. The average molecular weight is 371 g/mol. The van der Waals surface area contributed by atoms with E-state index in [4.69, 9.17) is 4.98 Å². The standard InChI is InChI=1S/C22H17N3OS/c23-13-17-12-16-11-10-15-6-4-5-9-19(15)21(16)25-22(17)27-14-20(26)24-18-7-2-1-3-8-18/h1-9,12H,10-11,14H2,(H,24,26). The van der Waals surface area contributed by atoms with Gasteiger partial charge in [0, 0.05) is 11.3 Å². The van der Waals surface area contributed by atoms with Gasteiger partial charge in [-0.15, -0.1) is 0 Å². The number of amides is 1. The minimum absolute atomic E-state index is 0.116. The summed E-state index contributed by atoms with van der Waals surface area (Å²) in [5.41, 5.74) is 5.73. The van der Waals surface area contributed by atoms with Gasteiger partial charge in [-0.25, -0.2) is 4.98 Å². The zero-order chi connectivity index (χ0) is 18.6. The Bertz CT molecular complexity index is 1040. The van der Waals surface area contributed by atoms with E-state index in [0.717, 1.165) is 35.3 Å². The summed E-state index contributed by atoms with van der Waals surface area (Å²) >= 11 is 1.30. The third kappa shape index (κ3) is 3.71. The first-order valence-electron chi connectivity index (χ1n) is 8.74. The Kier molecular flexibility index (Phi) is 4.91. The predicted octanol–water partition coefficient (Wildman–Crippen LogP) is 4.45. The van der Waals surface area contributed by atoms with Crippen molar-refractivity contribution in [2.24, 2.45) is 0 Å². The van der Waals surface area contributed by atoms with Crippen LogP contribution in [-0.4, -0.2) is 16.6 Å². The molecule has 3 aromatic rings. The van der Waals surface area contributed by atoms with Gasteiger partial charge in [0.1, 0.15) is 11.1 Å². The summed E-state index contributed by atoms with van der Waals surface area (Å²) in [6, 6.07) is 21.7. The molecule has 0 spiro atoms. The second kappa shape index (κ2) is 7.65. The zero-order valence-electron chi connectivity index (χ0n) is 14.6. The molecular formula is C22H17N3OS. The lowest BCUT2D eigenvalue weighted by atomic mass is 9.88. The topological polar surface area (TPSA) is 65.8 Å². The molecule has 1 aromatic heterocycles. The Morgan fingerprint density at radius 1 is 1.07 bits per heavy atom. The fourth-order valence-corrected chi connectivity index (χ4v) is 4.00. The lowest BCUT2D eigenvalue weighted by Crippen LogP contribution is -2.14. The third-order valence-electron chi connectivity index (χ3n) is 4.52. The molecule has 2 aromatic carbocycles. The number of nitriles is 1. The molecule has 0 saturated heterocycles. The number of thioether (sulfide) groups is 1. The van der Waals surface area contributed by atoms with Gasteiger partial charge in [0.25, 0.3) is 0 Å². The Labute approximate surface area is 162 Å². The largest absolute Gasteiger partial charge is 0.325 e. The van der Waals surface area contributed by atoms with Crippen molar-refractivity contribution in [3.8, 4) is 17.3 Å². The molecule has 0 aliphatic heterocycles. The molecule has 132 valence electrons. The molecule has 1 heterocycles. The minimum atomic E-state index is -0.116. The second-order valence-corrected chi connectivity index (χ2v) is 7.28. The van der Waals surface area contributed by atoms with Crippen LogP contribution in [-0.2, 0) is 17.6 Å². The van der Waals surface area contributed by atoms with Crippen molar-refractivity contribution in [1.29, 1.82) is 5.26 Å². The van der Waals surface area contributed by atoms with E-state index in [0.29, 0.717) is 10.6 Å². The lowest BCUT2D eigenvalue weighted by molar-refractivity contribution is -0.113. The van der Waals surface area contributed by atoms with Crippen LogP contribution in [0.1, 0.15) is 16.7 Å². The van der Waals surface area contributed by atoms with Crippen LogP contribution >= 0.6 is 11.8 Å². The molecule has 4 rings (SSSR count). The molecule has 1 aliphatic rings. The second-order valence-electron chi connectivity index (χ2n) is 6.32. The van der Waals surface area contributed by atoms with Crippen LogP contribution in [0.5, 0.6) is 0 Å². The summed E-state index contributed by atoms with van der Waals surface area (Å²) in [6.07, 6.45) is 1.84. The van der Waals surface area contributed by atoms with Crippen LogP contribution in [0.4, 0.5) is 5.69 Å². The van der Waals surface area contributed by atoms with E-state index in [1.807, 2.05) is 48.5 Å². The van der Waals surface area contributed by atoms with E-state index < -0.39 is 0 Å². The molecule has 1 aliphatic carbocycles. The summed E-state index contributed by atoms with van der Waals surface area (Å²) in [7, 11) is 0. The van der Waals surface area contributed by atoms with Crippen LogP contribution in [0.15, 0.2) is 65.7 Å². The van der Waals surface area contributed by atoms with Gasteiger partial charge in [0.05, 0.1) is 17.0 Å². The molecule has 0 bridgehead atoms. The maximum atomic E-state index is 12.2. The van der Waals surface area contributed by atoms with Crippen molar-refractivity contribution >= 4 is 23.4 Å². The average Bonchev–Trinajstić information content (AvgIpc) is 2.72. The van der Waals surface area contributed by atoms with Crippen molar-refractivity contribution in [1.82, 2.24) is 4.98 Å². The van der Waals surface area contributed by atoms with Crippen molar-refractivity contribution in [3.05, 3.63) is 77.4 Å². The lowest BCUT2D eigenvalue weighted by Gasteiger charge is -2.20. The normalized spacial score (nSPS) is 11.8. The highest BCUT2D eigenvalue weighted by atomic mass is 32.2. The number of aromatic nitrogens is 1. The molecule has 4 nitrogen and oxygen atoms in total. The first kappa shape index (κ1) is 17.3. The number of carbonyl (C=O) groups is 1. The molecule has 0 fully saturated rings. The van der Waals surface area contributed by atoms with E-state index in [9.17, 15) is 10.1 Å². The predicted molar refractivity (Wildman–Crippen MR) is 108 cm³/mol. The molecule has 5 heteroatoms. The fraction of sp³-hybridized carbons (Fsp3) is 0.136. The smallest absolute Gasteiger partial charge is 0.234 e. The molecule has 1 amide bonds. The highest BCUT2D eigenvalue weighted by molar-refractivity contribution is 8.00. The highest BCUT2D eigenvalue weighted by Gasteiger charge is 2.20. The van der Waals surface area contributed by atoms with E-state index in [-0.39, 0.29) is 11.7 Å². The molecule has 0 atom stereocenters. The van der Waals surface area contributed by atoms with E-state index in [1.165, 1.54) is 17.3 Å². The Hall–Kier alpha value is -3.10. The number of fused-ring (bicyclic) bond motifs is 3. The SMILES string of the molecule is N#Cc1cc2c(nc1SCC(=O)Nc1ccccc1)-c1ccccc1CC2. The molecule has 0 saturated carbocycles. The number of nitrogens with one attached hydrogen (secondary N) is 1. The van der Waals surface area contributed by atoms with Gasteiger partial charge in [-0.2, -0.15) is 5.26 Å². The van der Waals surface area contributed by atoms with Gasteiger partial charge in [0.15, 0.2) is 0 Å². The molecule has 0 radical (unpaired) electrons. The highest BCUT2D eigenvalue weighted by Crippen LogP contribution is 2.35. The van der Waals surface area contributed by atoms with Crippen molar-refractivity contribution < 1.29 is 4.79 Å². The van der Waals surface area contributed by atoms with Crippen molar-refractivity contribution in [3.63, 3.8) is 0 Å². The van der Waals surface area contributed by atoms with Crippen LogP contribution in [0, 0.1) is 11.3 Å². The number of rotatable bonds is 4. The number of hydrogen-bond donors (Lipinski definition) is 1. The van der Waals surface area contributed by atoms with Gasteiger partial charge in [-0.05, 0) is 42.2 Å². The van der Waals surface area contributed by atoms with Crippen molar-refractivity contribution in [2.75, 3.05) is 11.1 Å². The van der Waals surface area contributed by atoms with Gasteiger partial charge in [0.2, 0.25) is 5.91 Å². The first-order valence-corrected chi connectivity index (χ1v) is 9.73. The molecule has 0 unspecified atom stereocenters. The summed E-state index contributed by atoms with van der Waals surface area (Å²) in [4.78, 5) is 17.0. The number of carbonyl (C=O) groups excluding carboxylic acids is 1. The Morgan fingerprint density at radius 2 is 1.81 bits per heavy atom. The minimum Gasteiger partial charge on any atom is -0.325 e. The van der Waals surface area contributed by atoms with Crippen molar-refractivity contribution in [2.45, 2.75) is 17.9 Å². The van der Waals surface area contributed by atoms with Crippen LogP contribution in [0.3, 0.4) is 0 Å². The fourth-order valence-electron chi connectivity index (χ4n) is 3.24. The number of hydrogen-bond acceptors (Lipinski definition) is 4.